The van der Waals surface area contributed by atoms with E-state index >= 15 is 0 Å². The molecular weight excluding hydrogens is 851 g/mol. The molecule has 1 spiro atoms. The highest BCUT2D eigenvalue weighted by Crippen LogP contribution is 2.66. The van der Waals surface area contributed by atoms with Crippen LogP contribution in [0, 0.1) is 27.7 Å². The lowest BCUT2D eigenvalue weighted by atomic mass is 9.70. The molecule has 10 aromatic rings. The van der Waals surface area contributed by atoms with Gasteiger partial charge in [-0.2, -0.15) is 0 Å². The summed E-state index contributed by atoms with van der Waals surface area (Å²) in [6, 6.07) is 66.0. The van der Waals surface area contributed by atoms with E-state index in [1.54, 1.807) is 0 Å². The molecule has 8 aromatic carbocycles. The summed E-state index contributed by atoms with van der Waals surface area (Å²) in [6.07, 6.45) is 0. The molecule has 0 unspecified atom stereocenters. The monoisotopic (exact) mass is 909 g/mol. The molecule has 0 aliphatic heterocycles. The Morgan fingerprint density at radius 3 is 1.59 bits per heavy atom. The minimum atomic E-state index is -0.697. The summed E-state index contributed by atoms with van der Waals surface area (Å²) >= 11 is 0. The van der Waals surface area contributed by atoms with E-state index in [1.165, 1.54) is 61.2 Å². The first-order valence-electron chi connectivity index (χ1n) is 24.8. The standard InChI is InChI=1S/C66H59N3O/c1-40-33-41(2)36-49(35-40)68(46-27-23-44(24-28-46)64(5,6)7)48-31-32-52-56(38-48)66(54-20-14-11-17-50(54)51-18-12-15-21-55(51)66)57-39-58(62-53-19-13-16-22-59(53)70-63(62)61(52)57)69(60-37-42(3)34-43(4)67-60)47-29-25-45(26-30-47)65(8,9)10/h11-39H,1-10H3. The van der Waals surface area contributed by atoms with E-state index in [0.29, 0.717) is 0 Å². The Bertz CT molecular complexity index is 3640. The number of aryl methyl sites for hydroxylation is 4. The fourth-order valence-electron chi connectivity index (χ4n) is 11.9. The molecule has 0 bridgehead atoms. The van der Waals surface area contributed by atoms with E-state index in [1.807, 2.05) is 0 Å². The SMILES string of the molecule is Cc1cc(C)cc(N(c2ccc(C(C)(C)C)cc2)c2ccc3c(c2)C2(c4ccccc4-c4ccccc42)c2cc(N(c4ccc(C(C)(C)C)cc4)c4cc(C)cc(C)n4)c4c(oc5ccccc54)c2-3)c1. The van der Waals surface area contributed by atoms with Gasteiger partial charge in [0.15, 0.2) is 0 Å². The Morgan fingerprint density at radius 2 is 0.986 bits per heavy atom. The van der Waals surface area contributed by atoms with Crippen LogP contribution in [0.2, 0.25) is 0 Å². The van der Waals surface area contributed by atoms with Crippen LogP contribution in [0.4, 0.5) is 34.3 Å². The lowest BCUT2D eigenvalue weighted by molar-refractivity contribution is 0.590. The molecule has 0 fully saturated rings. The normalized spacial score (nSPS) is 13.4. The molecule has 2 aromatic heterocycles. The zero-order chi connectivity index (χ0) is 48.4. The smallest absolute Gasteiger partial charge is 0.145 e. The second kappa shape index (κ2) is 15.7. The van der Waals surface area contributed by atoms with Crippen molar-refractivity contribution in [2.24, 2.45) is 0 Å². The van der Waals surface area contributed by atoms with Gasteiger partial charge in [-0.25, -0.2) is 4.98 Å². The summed E-state index contributed by atoms with van der Waals surface area (Å²) in [6.45, 7) is 22.3. The molecule has 2 aliphatic carbocycles. The highest BCUT2D eigenvalue weighted by molar-refractivity contribution is 6.19. The molecule has 0 radical (unpaired) electrons. The summed E-state index contributed by atoms with van der Waals surface area (Å²) in [4.78, 5) is 10.2. The third-order valence-corrected chi connectivity index (χ3v) is 14.9. The molecule has 0 saturated heterocycles. The Balaban J connectivity index is 1.21. The van der Waals surface area contributed by atoms with Gasteiger partial charge in [-0.15, -0.1) is 0 Å². The Hall–Kier alpha value is -7.69. The highest BCUT2D eigenvalue weighted by Gasteiger charge is 2.53. The second-order valence-corrected chi connectivity index (χ2v) is 21.9. The van der Waals surface area contributed by atoms with Crippen molar-refractivity contribution in [3.63, 3.8) is 0 Å². The molecule has 0 amide bonds. The maximum absolute atomic E-state index is 7.33. The number of anilines is 6. The van der Waals surface area contributed by atoms with Gasteiger partial charge in [-0.05, 0) is 178 Å². The maximum atomic E-state index is 7.33. The summed E-state index contributed by atoms with van der Waals surface area (Å²) in [5.74, 6) is 0.869. The van der Waals surface area contributed by atoms with Crippen molar-refractivity contribution >= 4 is 56.2 Å². The molecule has 2 aliphatic rings. The van der Waals surface area contributed by atoms with E-state index in [9.17, 15) is 0 Å². The largest absolute Gasteiger partial charge is 0.455 e. The first kappa shape index (κ1) is 43.6. The van der Waals surface area contributed by atoms with Crippen LogP contribution < -0.4 is 9.80 Å². The third-order valence-electron chi connectivity index (χ3n) is 14.9. The van der Waals surface area contributed by atoms with Crippen LogP contribution in [0.5, 0.6) is 0 Å². The average Bonchev–Trinajstić information content (AvgIpc) is 3.95. The predicted octanol–water partition coefficient (Wildman–Crippen LogP) is 18.1. The van der Waals surface area contributed by atoms with Gasteiger partial charge in [0.25, 0.3) is 0 Å². The lowest BCUT2D eigenvalue weighted by Gasteiger charge is -2.33. The summed E-state index contributed by atoms with van der Waals surface area (Å²) in [5.41, 5.74) is 23.4. The van der Waals surface area contributed by atoms with Crippen LogP contribution in [0.3, 0.4) is 0 Å². The molecule has 12 rings (SSSR count). The number of para-hydroxylation sites is 1. The number of aromatic nitrogens is 1. The Labute approximate surface area is 412 Å². The number of fused-ring (bicyclic) bond motifs is 14. The number of hydrogen-bond acceptors (Lipinski definition) is 4. The molecule has 70 heavy (non-hydrogen) atoms. The minimum Gasteiger partial charge on any atom is -0.455 e. The van der Waals surface area contributed by atoms with E-state index in [4.69, 9.17) is 9.40 Å². The van der Waals surface area contributed by atoms with Crippen molar-refractivity contribution in [3.8, 4) is 22.3 Å². The zero-order valence-corrected chi connectivity index (χ0v) is 42.0. The molecule has 344 valence electrons. The van der Waals surface area contributed by atoms with E-state index in [2.05, 4.69) is 255 Å². The number of benzene rings is 8. The molecule has 0 saturated carbocycles. The molecule has 2 heterocycles. The van der Waals surface area contributed by atoms with Crippen molar-refractivity contribution in [1.29, 1.82) is 0 Å². The first-order chi connectivity index (χ1) is 33.6. The van der Waals surface area contributed by atoms with Gasteiger partial charge in [0.2, 0.25) is 0 Å². The van der Waals surface area contributed by atoms with Crippen LogP contribution >= 0.6 is 0 Å². The molecule has 0 atom stereocenters. The Morgan fingerprint density at radius 1 is 0.443 bits per heavy atom. The van der Waals surface area contributed by atoms with Gasteiger partial charge in [0.05, 0.1) is 16.5 Å². The summed E-state index contributed by atoms with van der Waals surface area (Å²) in [5, 5.41) is 2.14. The van der Waals surface area contributed by atoms with Crippen LogP contribution in [-0.4, -0.2) is 4.98 Å². The van der Waals surface area contributed by atoms with Gasteiger partial charge in [-0.1, -0.05) is 145 Å². The minimum absolute atomic E-state index is 0.00692. The van der Waals surface area contributed by atoms with Crippen molar-refractivity contribution in [2.45, 2.75) is 85.5 Å². The van der Waals surface area contributed by atoms with Gasteiger partial charge >= 0.3 is 0 Å². The third kappa shape index (κ3) is 6.67. The fourth-order valence-corrected chi connectivity index (χ4v) is 11.9. The van der Waals surface area contributed by atoms with Gasteiger partial charge in [-0.3, -0.25) is 4.90 Å². The molecule has 4 nitrogen and oxygen atoms in total. The van der Waals surface area contributed by atoms with E-state index in [-0.39, 0.29) is 10.8 Å². The number of nitrogens with zero attached hydrogens (tertiary/aromatic N) is 3. The van der Waals surface area contributed by atoms with Crippen molar-refractivity contribution < 1.29 is 4.42 Å². The number of pyridine rings is 1. The number of hydrogen-bond donors (Lipinski definition) is 0. The average molecular weight is 910 g/mol. The van der Waals surface area contributed by atoms with Crippen LogP contribution in [-0.2, 0) is 16.2 Å². The first-order valence-corrected chi connectivity index (χ1v) is 24.8. The highest BCUT2D eigenvalue weighted by atomic mass is 16.3. The van der Waals surface area contributed by atoms with Gasteiger partial charge in [0.1, 0.15) is 17.0 Å². The quantitative estimate of drug-likeness (QED) is 0.166. The predicted molar refractivity (Wildman–Crippen MR) is 294 cm³/mol. The number of furan rings is 1. The number of rotatable bonds is 6. The van der Waals surface area contributed by atoms with E-state index in [0.717, 1.165) is 73.0 Å². The summed E-state index contributed by atoms with van der Waals surface area (Å²) < 4.78 is 7.33. The maximum Gasteiger partial charge on any atom is 0.145 e. The zero-order valence-electron chi connectivity index (χ0n) is 42.0. The Kier molecular flexibility index (Phi) is 9.75. The van der Waals surface area contributed by atoms with Gasteiger partial charge < -0.3 is 9.32 Å². The topological polar surface area (TPSA) is 32.5 Å². The molecule has 4 heteroatoms. The van der Waals surface area contributed by atoms with E-state index < -0.39 is 5.41 Å². The van der Waals surface area contributed by atoms with Crippen molar-refractivity contribution in [3.05, 3.63) is 232 Å². The molecular formula is C66H59N3O. The molecule has 0 N–H and O–H groups in total. The van der Waals surface area contributed by atoms with Crippen molar-refractivity contribution in [1.82, 2.24) is 4.98 Å². The van der Waals surface area contributed by atoms with Gasteiger partial charge in [0, 0.05) is 39.4 Å². The fraction of sp³-hybridized carbons (Fsp3) is 0.197. The van der Waals surface area contributed by atoms with Crippen LogP contribution in [0.25, 0.3) is 44.2 Å². The van der Waals surface area contributed by atoms with Crippen LogP contribution in [0.1, 0.15) is 97.3 Å². The lowest BCUT2D eigenvalue weighted by Crippen LogP contribution is -2.26. The summed E-state index contributed by atoms with van der Waals surface area (Å²) in [7, 11) is 0. The van der Waals surface area contributed by atoms with Crippen molar-refractivity contribution in [2.75, 3.05) is 9.80 Å². The van der Waals surface area contributed by atoms with Crippen LogP contribution in [0.15, 0.2) is 180 Å². The second-order valence-electron chi connectivity index (χ2n) is 21.9.